The van der Waals surface area contributed by atoms with Crippen molar-refractivity contribution in [1.29, 1.82) is 0 Å². The monoisotopic (exact) mass is 429 g/mol. The highest BCUT2D eigenvalue weighted by atomic mass is 16.2. The highest BCUT2D eigenvalue weighted by molar-refractivity contribution is 5.89. The van der Waals surface area contributed by atoms with Crippen LogP contribution in [-0.4, -0.2) is 41.0 Å². The highest BCUT2D eigenvalue weighted by Crippen LogP contribution is 2.29. The molecule has 0 saturated heterocycles. The lowest BCUT2D eigenvalue weighted by Crippen LogP contribution is -2.40. The molecular formula is C26H31N5O. The maximum absolute atomic E-state index is 13.0. The Hall–Kier alpha value is -3.41. The summed E-state index contributed by atoms with van der Waals surface area (Å²) in [6.07, 6.45) is 2.72. The van der Waals surface area contributed by atoms with Gasteiger partial charge in [0.2, 0.25) is 0 Å². The fourth-order valence-corrected chi connectivity index (χ4v) is 4.07. The number of amides is 2. The molecule has 2 aromatic carbocycles. The SMILES string of the molecule is CCCN(C)c1nc(-c2ccccc2)nc2c1CN(C(=O)Nc1ccc(CC)cc1)CC2. The first-order chi connectivity index (χ1) is 15.6. The van der Waals surface area contributed by atoms with Gasteiger partial charge in [0.05, 0.1) is 12.2 Å². The third kappa shape index (κ3) is 4.74. The molecule has 0 radical (unpaired) electrons. The molecule has 0 spiro atoms. The molecule has 2 amide bonds. The van der Waals surface area contributed by atoms with E-state index in [-0.39, 0.29) is 6.03 Å². The molecule has 1 aliphatic heterocycles. The lowest BCUT2D eigenvalue weighted by molar-refractivity contribution is 0.206. The molecule has 0 atom stereocenters. The number of fused-ring (bicyclic) bond motifs is 1. The Kier molecular flexibility index (Phi) is 6.69. The van der Waals surface area contributed by atoms with Gasteiger partial charge in [-0.1, -0.05) is 56.3 Å². The van der Waals surface area contributed by atoms with E-state index in [1.165, 1.54) is 5.56 Å². The number of hydrogen-bond donors (Lipinski definition) is 1. The van der Waals surface area contributed by atoms with E-state index in [4.69, 9.17) is 9.97 Å². The van der Waals surface area contributed by atoms with Crippen molar-refractivity contribution < 1.29 is 4.79 Å². The number of aromatic nitrogens is 2. The smallest absolute Gasteiger partial charge is 0.322 e. The van der Waals surface area contributed by atoms with Crippen LogP contribution >= 0.6 is 0 Å². The Balaban J connectivity index is 1.60. The van der Waals surface area contributed by atoms with Gasteiger partial charge in [-0.25, -0.2) is 14.8 Å². The molecule has 1 N–H and O–H groups in total. The van der Waals surface area contributed by atoms with Crippen LogP contribution in [-0.2, 0) is 19.4 Å². The van der Waals surface area contributed by atoms with Gasteiger partial charge in [-0.3, -0.25) is 0 Å². The van der Waals surface area contributed by atoms with E-state index in [1.807, 2.05) is 47.4 Å². The van der Waals surface area contributed by atoms with E-state index in [0.717, 1.165) is 53.5 Å². The number of anilines is 2. The maximum atomic E-state index is 13.0. The summed E-state index contributed by atoms with van der Waals surface area (Å²) in [4.78, 5) is 26.8. The molecule has 6 nitrogen and oxygen atoms in total. The molecule has 1 aliphatic rings. The van der Waals surface area contributed by atoms with Gasteiger partial charge >= 0.3 is 6.03 Å². The van der Waals surface area contributed by atoms with Crippen LogP contribution in [0.3, 0.4) is 0 Å². The van der Waals surface area contributed by atoms with Crippen molar-refractivity contribution in [3.63, 3.8) is 0 Å². The molecule has 166 valence electrons. The average Bonchev–Trinajstić information content (AvgIpc) is 2.84. The van der Waals surface area contributed by atoms with Crippen molar-refractivity contribution in [1.82, 2.24) is 14.9 Å². The fraction of sp³-hybridized carbons (Fsp3) is 0.346. The lowest BCUT2D eigenvalue weighted by atomic mass is 10.0. The number of hydrogen-bond acceptors (Lipinski definition) is 4. The minimum atomic E-state index is -0.0869. The predicted molar refractivity (Wildman–Crippen MR) is 130 cm³/mol. The number of carbonyl (C=O) groups excluding carboxylic acids is 1. The molecule has 0 bridgehead atoms. The van der Waals surface area contributed by atoms with Crippen molar-refractivity contribution in [3.8, 4) is 11.4 Å². The molecular weight excluding hydrogens is 398 g/mol. The van der Waals surface area contributed by atoms with Crippen LogP contribution < -0.4 is 10.2 Å². The summed E-state index contributed by atoms with van der Waals surface area (Å²) >= 11 is 0. The quantitative estimate of drug-likeness (QED) is 0.589. The Labute approximate surface area is 190 Å². The van der Waals surface area contributed by atoms with Crippen molar-refractivity contribution >= 4 is 17.5 Å². The number of urea groups is 1. The highest BCUT2D eigenvalue weighted by Gasteiger charge is 2.27. The minimum Gasteiger partial charge on any atom is -0.359 e. The fourth-order valence-electron chi connectivity index (χ4n) is 4.07. The second-order valence-electron chi connectivity index (χ2n) is 8.24. The van der Waals surface area contributed by atoms with Gasteiger partial charge in [0.25, 0.3) is 0 Å². The van der Waals surface area contributed by atoms with Crippen LogP contribution in [0.25, 0.3) is 11.4 Å². The second-order valence-corrected chi connectivity index (χ2v) is 8.24. The van der Waals surface area contributed by atoms with Gasteiger partial charge in [0.15, 0.2) is 5.82 Å². The first-order valence-corrected chi connectivity index (χ1v) is 11.4. The molecule has 1 aromatic heterocycles. The number of nitrogens with zero attached hydrogens (tertiary/aromatic N) is 4. The van der Waals surface area contributed by atoms with Gasteiger partial charge in [-0.2, -0.15) is 0 Å². The summed E-state index contributed by atoms with van der Waals surface area (Å²) in [5.74, 6) is 1.66. The van der Waals surface area contributed by atoms with Crippen LogP contribution in [0.15, 0.2) is 54.6 Å². The Morgan fingerprint density at radius 3 is 2.50 bits per heavy atom. The third-order valence-corrected chi connectivity index (χ3v) is 5.89. The Morgan fingerprint density at radius 1 is 1.06 bits per heavy atom. The zero-order valence-corrected chi connectivity index (χ0v) is 19.1. The van der Waals surface area contributed by atoms with E-state index in [9.17, 15) is 4.79 Å². The summed E-state index contributed by atoms with van der Waals surface area (Å²) in [6.45, 7) is 6.32. The van der Waals surface area contributed by atoms with E-state index >= 15 is 0 Å². The normalized spacial score (nSPS) is 12.9. The number of carbonyl (C=O) groups is 1. The molecule has 32 heavy (non-hydrogen) atoms. The summed E-state index contributed by atoms with van der Waals surface area (Å²) < 4.78 is 0. The molecule has 2 heterocycles. The van der Waals surface area contributed by atoms with Crippen molar-refractivity contribution in [2.24, 2.45) is 0 Å². The largest absolute Gasteiger partial charge is 0.359 e. The van der Waals surface area contributed by atoms with Gasteiger partial charge in [-0.05, 0) is 30.5 Å². The number of benzene rings is 2. The zero-order chi connectivity index (χ0) is 22.5. The van der Waals surface area contributed by atoms with Crippen LogP contribution in [0.2, 0.25) is 0 Å². The van der Waals surface area contributed by atoms with Crippen molar-refractivity contribution in [3.05, 3.63) is 71.4 Å². The van der Waals surface area contributed by atoms with Crippen LogP contribution in [0.1, 0.15) is 37.1 Å². The van der Waals surface area contributed by atoms with Crippen LogP contribution in [0.5, 0.6) is 0 Å². The average molecular weight is 430 g/mol. The second kappa shape index (κ2) is 9.81. The Morgan fingerprint density at radius 2 is 1.81 bits per heavy atom. The maximum Gasteiger partial charge on any atom is 0.322 e. The van der Waals surface area contributed by atoms with Crippen molar-refractivity contribution in [2.45, 2.75) is 39.7 Å². The number of aryl methyl sites for hydroxylation is 1. The van der Waals surface area contributed by atoms with E-state index in [2.05, 4.69) is 43.2 Å². The number of rotatable bonds is 6. The van der Waals surface area contributed by atoms with Gasteiger partial charge < -0.3 is 15.1 Å². The first-order valence-electron chi connectivity index (χ1n) is 11.4. The molecule has 0 unspecified atom stereocenters. The van der Waals surface area contributed by atoms with Crippen LogP contribution in [0.4, 0.5) is 16.3 Å². The standard InChI is InChI=1S/C26H31N5O/c1-4-16-30(3)25-22-18-31(26(32)27-21-13-11-19(5-2)12-14-21)17-15-23(22)28-24(29-25)20-9-7-6-8-10-20/h6-14H,4-5,15-18H2,1-3H3,(H,27,32). The summed E-state index contributed by atoms with van der Waals surface area (Å²) in [7, 11) is 2.06. The van der Waals surface area contributed by atoms with E-state index < -0.39 is 0 Å². The number of nitrogens with one attached hydrogen (secondary N) is 1. The van der Waals surface area contributed by atoms with E-state index in [0.29, 0.717) is 19.5 Å². The van der Waals surface area contributed by atoms with Gasteiger partial charge in [0, 0.05) is 43.4 Å². The first kappa shape index (κ1) is 21.8. The van der Waals surface area contributed by atoms with Crippen molar-refractivity contribution in [2.75, 3.05) is 30.4 Å². The topological polar surface area (TPSA) is 61.4 Å². The molecule has 4 rings (SSSR count). The third-order valence-electron chi connectivity index (χ3n) is 5.89. The molecule has 6 heteroatoms. The summed E-state index contributed by atoms with van der Waals surface area (Å²) in [5, 5.41) is 3.04. The van der Waals surface area contributed by atoms with Gasteiger partial charge in [0.1, 0.15) is 5.82 Å². The molecule has 3 aromatic rings. The molecule has 0 fully saturated rings. The predicted octanol–water partition coefficient (Wildman–Crippen LogP) is 5.14. The van der Waals surface area contributed by atoms with E-state index in [1.54, 1.807) is 0 Å². The van der Waals surface area contributed by atoms with Gasteiger partial charge in [-0.15, -0.1) is 0 Å². The molecule has 0 saturated carbocycles. The van der Waals surface area contributed by atoms with Crippen LogP contribution in [0, 0.1) is 0 Å². The minimum absolute atomic E-state index is 0.0869. The lowest BCUT2D eigenvalue weighted by Gasteiger charge is -2.32. The zero-order valence-electron chi connectivity index (χ0n) is 19.1. The Bertz CT molecular complexity index is 1070. The molecule has 0 aliphatic carbocycles. The summed E-state index contributed by atoms with van der Waals surface area (Å²) in [6, 6.07) is 18.0. The summed E-state index contributed by atoms with van der Waals surface area (Å²) in [5.41, 5.74) is 5.16.